The van der Waals surface area contributed by atoms with Crippen LogP contribution in [0.5, 0.6) is 0 Å². The van der Waals surface area contributed by atoms with E-state index in [0.29, 0.717) is 22.8 Å². The molecule has 0 radical (unpaired) electrons. The van der Waals surface area contributed by atoms with E-state index in [2.05, 4.69) is 10.3 Å². The van der Waals surface area contributed by atoms with Crippen LogP contribution < -0.4 is 11.1 Å². The van der Waals surface area contributed by atoms with Gasteiger partial charge in [0.1, 0.15) is 0 Å². The van der Waals surface area contributed by atoms with Gasteiger partial charge in [-0.3, -0.25) is 9.78 Å². The molecule has 25 heavy (non-hydrogen) atoms. The van der Waals surface area contributed by atoms with Gasteiger partial charge in [-0.2, -0.15) is 0 Å². The lowest BCUT2D eigenvalue weighted by molar-refractivity contribution is 0.102. The molecule has 4 nitrogen and oxygen atoms in total. The molecule has 5 heteroatoms. The maximum atomic E-state index is 12.8. The first kappa shape index (κ1) is 17.1. The summed E-state index contributed by atoms with van der Waals surface area (Å²) in [5.41, 5.74) is 10.3. The molecule has 0 saturated carbocycles. The fraction of sp³-hybridized carbons (Fsp3) is 0.100. The van der Waals surface area contributed by atoms with Crippen LogP contribution >= 0.6 is 11.6 Å². The highest BCUT2D eigenvalue weighted by Gasteiger charge is 2.14. The lowest BCUT2D eigenvalue weighted by Gasteiger charge is -2.12. The molecule has 1 amide bonds. The molecule has 0 fully saturated rings. The second-order valence-corrected chi connectivity index (χ2v) is 6.15. The van der Waals surface area contributed by atoms with Crippen LogP contribution in [0, 0.1) is 6.92 Å². The van der Waals surface area contributed by atoms with Crippen LogP contribution in [0.2, 0.25) is 5.02 Å². The Morgan fingerprint density at radius 3 is 2.76 bits per heavy atom. The van der Waals surface area contributed by atoms with Gasteiger partial charge in [-0.1, -0.05) is 35.9 Å². The van der Waals surface area contributed by atoms with E-state index in [1.54, 1.807) is 24.4 Å². The number of rotatable bonds is 4. The molecule has 0 atom stereocenters. The molecule has 126 valence electrons. The van der Waals surface area contributed by atoms with E-state index in [1.165, 1.54) is 0 Å². The molecule has 0 unspecified atom stereocenters. The molecule has 0 aliphatic rings. The molecular weight excluding hydrogens is 334 g/mol. The van der Waals surface area contributed by atoms with Crippen LogP contribution in [0.4, 0.5) is 5.69 Å². The normalized spacial score (nSPS) is 10.5. The molecule has 1 aromatic heterocycles. The predicted octanol–water partition coefficient (Wildman–Crippen LogP) is 4.42. The largest absolute Gasteiger partial charge is 0.326 e. The van der Waals surface area contributed by atoms with Crippen molar-refractivity contribution in [2.45, 2.75) is 13.5 Å². The Bertz CT molecular complexity index is 924. The number of halogens is 1. The Kier molecular flexibility index (Phi) is 5.12. The van der Waals surface area contributed by atoms with Gasteiger partial charge in [-0.05, 0) is 48.4 Å². The highest BCUT2D eigenvalue weighted by molar-refractivity contribution is 6.31. The average molecular weight is 352 g/mol. The molecular formula is C20H18ClN3O. The Hall–Kier alpha value is -2.69. The number of nitrogens with one attached hydrogen (secondary N) is 1. The standard InChI is InChI=1S/C20H18ClN3O/c1-13-6-7-15(21)11-18(13)24-20(25)17-5-3-2-4-16(17)19-10-14(12-22)8-9-23-19/h2-11H,12,22H2,1H3,(H,24,25). The van der Waals surface area contributed by atoms with Crippen LogP contribution in [0.25, 0.3) is 11.3 Å². The number of benzene rings is 2. The molecule has 2 aromatic carbocycles. The number of amides is 1. The summed E-state index contributed by atoms with van der Waals surface area (Å²) in [6.45, 7) is 2.34. The summed E-state index contributed by atoms with van der Waals surface area (Å²) in [6.07, 6.45) is 1.70. The van der Waals surface area contributed by atoms with Gasteiger partial charge in [-0.15, -0.1) is 0 Å². The number of nitrogens with two attached hydrogens (primary N) is 1. The van der Waals surface area contributed by atoms with Crippen LogP contribution in [0.3, 0.4) is 0 Å². The second kappa shape index (κ2) is 7.47. The molecule has 0 aliphatic heterocycles. The number of nitrogens with zero attached hydrogens (tertiary/aromatic N) is 1. The Morgan fingerprint density at radius 2 is 1.96 bits per heavy atom. The van der Waals surface area contributed by atoms with E-state index in [9.17, 15) is 4.79 Å². The van der Waals surface area contributed by atoms with Gasteiger partial charge in [0, 0.05) is 34.6 Å². The second-order valence-electron chi connectivity index (χ2n) is 5.71. The van der Waals surface area contributed by atoms with Crippen LogP contribution in [-0.2, 0) is 6.54 Å². The maximum Gasteiger partial charge on any atom is 0.256 e. The predicted molar refractivity (Wildman–Crippen MR) is 102 cm³/mol. The van der Waals surface area contributed by atoms with Crippen molar-refractivity contribution in [1.29, 1.82) is 0 Å². The Labute approximate surface area is 151 Å². The van der Waals surface area contributed by atoms with Crippen molar-refractivity contribution in [1.82, 2.24) is 4.98 Å². The van der Waals surface area contributed by atoms with E-state index in [1.807, 2.05) is 43.3 Å². The van der Waals surface area contributed by atoms with Gasteiger partial charge in [0.2, 0.25) is 0 Å². The number of pyridine rings is 1. The molecule has 0 spiro atoms. The number of carbonyl (C=O) groups excluding carboxylic acids is 1. The number of carbonyl (C=O) groups is 1. The van der Waals surface area contributed by atoms with Crippen molar-refractivity contribution < 1.29 is 4.79 Å². The fourth-order valence-electron chi connectivity index (χ4n) is 2.57. The maximum absolute atomic E-state index is 12.8. The first-order valence-corrected chi connectivity index (χ1v) is 8.28. The average Bonchev–Trinajstić information content (AvgIpc) is 2.64. The van der Waals surface area contributed by atoms with Crippen LogP contribution in [0.15, 0.2) is 60.8 Å². The lowest BCUT2D eigenvalue weighted by Crippen LogP contribution is -2.14. The van der Waals surface area contributed by atoms with E-state index in [4.69, 9.17) is 17.3 Å². The summed E-state index contributed by atoms with van der Waals surface area (Å²) in [6, 6.07) is 16.5. The SMILES string of the molecule is Cc1ccc(Cl)cc1NC(=O)c1ccccc1-c1cc(CN)ccn1. The summed E-state index contributed by atoms with van der Waals surface area (Å²) in [5.74, 6) is -0.207. The van der Waals surface area contributed by atoms with Crippen molar-refractivity contribution in [2.75, 3.05) is 5.32 Å². The van der Waals surface area contributed by atoms with Gasteiger partial charge in [0.05, 0.1) is 5.69 Å². The molecule has 3 N–H and O–H groups in total. The van der Waals surface area contributed by atoms with Gasteiger partial charge in [-0.25, -0.2) is 0 Å². The smallest absolute Gasteiger partial charge is 0.256 e. The monoisotopic (exact) mass is 351 g/mol. The number of aryl methyl sites for hydroxylation is 1. The third-order valence-corrected chi connectivity index (χ3v) is 4.19. The summed E-state index contributed by atoms with van der Waals surface area (Å²) >= 11 is 6.03. The molecule has 0 saturated heterocycles. The Balaban J connectivity index is 1.97. The van der Waals surface area contributed by atoms with E-state index >= 15 is 0 Å². The minimum atomic E-state index is -0.207. The highest BCUT2D eigenvalue weighted by atomic mass is 35.5. The van der Waals surface area contributed by atoms with E-state index in [-0.39, 0.29) is 5.91 Å². The zero-order valence-electron chi connectivity index (χ0n) is 13.8. The van der Waals surface area contributed by atoms with Crippen molar-refractivity contribution in [2.24, 2.45) is 5.73 Å². The highest BCUT2D eigenvalue weighted by Crippen LogP contribution is 2.25. The topological polar surface area (TPSA) is 68.0 Å². The summed E-state index contributed by atoms with van der Waals surface area (Å²) in [5, 5.41) is 3.51. The van der Waals surface area contributed by atoms with E-state index in [0.717, 1.165) is 22.4 Å². The van der Waals surface area contributed by atoms with Crippen LogP contribution in [0.1, 0.15) is 21.5 Å². The van der Waals surface area contributed by atoms with Crippen molar-refractivity contribution in [3.63, 3.8) is 0 Å². The first-order chi connectivity index (χ1) is 12.1. The zero-order chi connectivity index (χ0) is 17.8. The van der Waals surface area contributed by atoms with Crippen molar-refractivity contribution >= 4 is 23.2 Å². The Morgan fingerprint density at radius 1 is 1.16 bits per heavy atom. The summed E-state index contributed by atoms with van der Waals surface area (Å²) in [7, 11) is 0. The van der Waals surface area contributed by atoms with Gasteiger partial charge in [0.15, 0.2) is 0 Å². The van der Waals surface area contributed by atoms with Gasteiger partial charge in [0.25, 0.3) is 5.91 Å². The van der Waals surface area contributed by atoms with E-state index < -0.39 is 0 Å². The zero-order valence-corrected chi connectivity index (χ0v) is 14.5. The first-order valence-electron chi connectivity index (χ1n) is 7.90. The van der Waals surface area contributed by atoms with Gasteiger partial charge >= 0.3 is 0 Å². The molecule has 3 rings (SSSR count). The number of anilines is 1. The van der Waals surface area contributed by atoms with Crippen LogP contribution in [-0.4, -0.2) is 10.9 Å². The number of hydrogen-bond acceptors (Lipinski definition) is 3. The molecule has 0 aliphatic carbocycles. The third-order valence-electron chi connectivity index (χ3n) is 3.96. The number of hydrogen-bond donors (Lipinski definition) is 2. The van der Waals surface area contributed by atoms with Crippen molar-refractivity contribution in [3.8, 4) is 11.3 Å². The minimum Gasteiger partial charge on any atom is -0.326 e. The number of aromatic nitrogens is 1. The quantitative estimate of drug-likeness (QED) is 0.731. The lowest BCUT2D eigenvalue weighted by atomic mass is 10.0. The van der Waals surface area contributed by atoms with Gasteiger partial charge < -0.3 is 11.1 Å². The molecule has 3 aromatic rings. The summed E-state index contributed by atoms with van der Waals surface area (Å²) in [4.78, 5) is 17.2. The third kappa shape index (κ3) is 3.87. The minimum absolute atomic E-state index is 0.207. The summed E-state index contributed by atoms with van der Waals surface area (Å²) < 4.78 is 0. The fourth-order valence-corrected chi connectivity index (χ4v) is 2.74. The van der Waals surface area contributed by atoms with Crippen molar-refractivity contribution in [3.05, 3.63) is 82.5 Å². The molecule has 1 heterocycles. The molecule has 0 bridgehead atoms.